The van der Waals surface area contributed by atoms with Gasteiger partial charge in [-0.1, -0.05) is 23.7 Å². The van der Waals surface area contributed by atoms with E-state index in [0.29, 0.717) is 10.6 Å². The molecule has 0 heterocycles. The van der Waals surface area contributed by atoms with Gasteiger partial charge in [0.1, 0.15) is 5.82 Å². The van der Waals surface area contributed by atoms with E-state index in [0.717, 1.165) is 0 Å². The van der Waals surface area contributed by atoms with Crippen LogP contribution >= 0.6 is 11.6 Å². The molecule has 1 fully saturated rings. The summed E-state index contributed by atoms with van der Waals surface area (Å²) in [5.74, 6) is -3.37. The Hall–Kier alpha value is -1.92. The molecular formula is C16H12ClFO4S. The van der Waals surface area contributed by atoms with Gasteiger partial charge in [-0.15, -0.1) is 0 Å². The van der Waals surface area contributed by atoms with Crippen LogP contribution in [0.4, 0.5) is 4.39 Å². The van der Waals surface area contributed by atoms with E-state index >= 15 is 0 Å². The number of halogens is 2. The van der Waals surface area contributed by atoms with Crippen molar-refractivity contribution in [3.63, 3.8) is 0 Å². The third-order valence-electron chi connectivity index (χ3n) is 3.99. The Bertz CT molecular complexity index is 847. The number of carbonyl (C=O) groups is 1. The van der Waals surface area contributed by atoms with E-state index in [4.69, 9.17) is 11.6 Å². The summed E-state index contributed by atoms with van der Waals surface area (Å²) in [6.45, 7) is 0. The van der Waals surface area contributed by atoms with Gasteiger partial charge >= 0.3 is 5.97 Å². The molecule has 23 heavy (non-hydrogen) atoms. The molecule has 0 unspecified atom stereocenters. The minimum atomic E-state index is -3.82. The minimum absolute atomic E-state index is 0.0303. The molecule has 1 N–H and O–H groups in total. The summed E-state index contributed by atoms with van der Waals surface area (Å²) < 4.78 is 38.4. The molecular weight excluding hydrogens is 343 g/mol. The van der Waals surface area contributed by atoms with Crippen LogP contribution in [0.2, 0.25) is 5.02 Å². The van der Waals surface area contributed by atoms with Crippen LogP contribution in [-0.4, -0.2) is 24.7 Å². The third-order valence-corrected chi connectivity index (χ3v) is 6.48. The lowest BCUT2D eigenvalue weighted by molar-refractivity contribution is -0.138. The number of benzene rings is 2. The van der Waals surface area contributed by atoms with Crippen molar-refractivity contribution < 1.29 is 22.7 Å². The van der Waals surface area contributed by atoms with Gasteiger partial charge in [-0.3, -0.25) is 4.79 Å². The predicted octanol–water partition coefficient (Wildman–Crippen LogP) is 3.12. The molecule has 0 radical (unpaired) electrons. The molecule has 1 aliphatic carbocycles. The van der Waals surface area contributed by atoms with Gasteiger partial charge in [0.25, 0.3) is 0 Å². The summed E-state index contributed by atoms with van der Waals surface area (Å²) >= 11 is 5.75. The Morgan fingerprint density at radius 1 is 1.04 bits per heavy atom. The van der Waals surface area contributed by atoms with E-state index in [9.17, 15) is 22.7 Å². The van der Waals surface area contributed by atoms with Crippen LogP contribution in [0.3, 0.4) is 0 Å². The molecule has 0 spiro atoms. The Kier molecular flexibility index (Phi) is 3.90. The first-order chi connectivity index (χ1) is 10.8. The first-order valence-electron chi connectivity index (χ1n) is 6.80. The zero-order chi connectivity index (χ0) is 16.8. The molecule has 0 aromatic heterocycles. The lowest BCUT2D eigenvalue weighted by Gasteiger charge is -2.04. The second-order valence-electron chi connectivity index (χ2n) is 5.40. The Labute approximate surface area is 137 Å². The van der Waals surface area contributed by atoms with Gasteiger partial charge < -0.3 is 5.11 Å². The van der Waals surface area contributed by atoms with Crippen LogP contribution in [0.25, 0.3) is 0 Å². The number of carboxylic acid groups (broad SMARTS) is 1. The number of hydrogen-bond acceptors (Lipinski definition) is 3. The van der Waals surface area contributed by atoms with Crippen molar-refractivity contribution in [1.82, 2.24) is 0 Å². The van der Waals surface area contributed by atoms with Gasteiger partial charge in [-0.2, -0.15) is 0 Å². The van der Waals surface area contributed by atoms with Crippen LogP contribution in [0.15, 0.2) is 53.4 Å². The molecule has 3 atom stereocenters. The molecule has 0 saturated heterocycles. The van der Waals surface area contributed by atoms with Gasteiger partial charge in [0.15, 0.2) is 9.84 Å². The van der Waals surface area contributed by atoms with Crippen molar-refractivity contribution in [3.8, 4) is 0 Å². The molecule has 3 rings (SSSR count). The van der Waals surface area contributed by atoms with Gasteiger partial charge in [-0.05, 0) is 42.0 Å². The molecule has 0 aliphatic heterocycles. The fourth-order valence-electron chi connectivity index (χ4n) is 2.83. The van der Waals surface area contributed by atoms with E-state index in [-0.39, 0.29) is 4.90 Å². The van der Waals surface area contributed by atoms with Crippen molar-refractivity contribution in [2.45, 2.75) is 16.1 Å². The highest BCUT2D eigenvalue weighted by molar-refractivity contribution is 7.92. The molecule has 7 heteroatoms. The summed E-state index contributed by atoms with van der Waals surface area (Å²) in [5.41, 5.74) is 0.501. The van der Waals surface area contributed by atoms with Crippen LogP contribution in [0.5, 0.6) is 0 Å². The fraction of sp³-hybridized carbons (Fsp3) is 0.188. The van der Waals surface area contributed by atoms with Crippen molar-refractivity contribution in [3.05, 3.63) is 64.9 Å². The topological polar surface area (TPSA) is 71.4 Å². The molecule has 120 valence electrons. The maximum absolute atomic E-state index is 13.0. The zero-order valence-electron chi connectivity index (χ0n) is 11.7. The molecule has 2 aromatic rings. The van der Waals surface area contributed by atoms with Gasteiger partial charge in [-0.25, -0.2) is 12.8 Å². The summed E-state index contributed by atoms with van der Waals surface area (Å²) in [5, 5.41) is 8.63. The van der Waals surface area contributed by atoms with Crippen LogP contribution in [-0.2, 0) is 14.6 Å². The number of carboxylic acids is 1. The highest BCUT2D eigenvalue weighted by Gasteiger charge is 2.63. The van der Waals surface area contributed by atoms with Crippen molar-refractivity contribution in [1.29, 1.82) is 0 Å². The number of aliphatic carboxylic acids is 1. The smallest absolute Gasteiger partial charge is 0.308 e. The first-order valence-corrected chi connectivity index (χ1v) is 8.72. The number of sulfone groups is 1. The Morgan fingerprint density at radius 2 is 1.61 bits per heavy atom. The van der Waals surface area contributed by atoms with Gasteiger partial charge in [0.2, 0.25) is 0 Å². The molecule has 2 aromatic carbocycles. The first kappa shape index (κ1) is 16.0. The average molecular weight is 355 g/mol. The van der Waals surface area contributed by atoms with E-state index in [1.807, 2.05) is 0 Å². The largest absolute Gasteiger partial charge is 0.481 e. The molecule has 1 aliphatic rings. The third kappa shape index (κ3) is 2.84. The van der Waals surface area contributed by atoms with Crippen molar-refractivity contribution >= 4 is 27.4 Å². The average Bonchev–Trinajstić information content (AvgIpc) is 3.25. The Balaban J connectivity index is 1.98. The maximum atomic E-state index is 13.0. The fourth-order valence-corrected chi connectivity index (χ4v) is 5.08. The summed E-state index contributed by atoms with van der Waals surface area (Å²) in [4.78, 5) is 11.4. The standard InChI is InChI=1S/C16H12ClFO4S/c17-10-3-7-12(8-4-10)23(21,22)15-13(14(15)16(19)20)9-1-5-11(18)6-2-9/h1-8,13-15H,(H,19,20)/t13-,14+,15+/m1/s1. The molecule has 0 amide bonds. The summed E-state index contributed by atoms with van der Waals surface area (Å²) in [7, 11) is -3.82. The molecule has 1 saturated carbocycles. The quantitative estimate of drug-likeness (QED) is 0.915. The van der Waals surface area contributed by atoms with E-state index in [2.05, 4.69) is 0 Å². The van der Waals surface area contributed by atoms with Crippen LogP contribution in [0, 0.1) is 11.7 Å². The molecule has 4 nitrogen and oxygen atoms in total. The van der Waals surface area contributed by atoms with Gasteiger partial charge in [0, 0.05) is 10.9 Å². The van der Waals surface area contributed by atoms with Crippen LogP contribution < -0.4 is 0 Å². The second kappa shape index (κ2) is 5.62. The SMILES string of the molecule is O=C(O)[C@H]1[C@@H](c2ccc(F)cc2)[C@@H]1S(=O)(=O)c1ccc(Cl)cc1. The summed E-state index contributed by atoms with van der Waals surface area (Å²) in [6, 6.07) is 10.8. The molecule has 0 bridgehead atoms. The summed E-state index contributed by atoms with van der Waals surface area (Å²) in [6.07, 6.45) is 0. The highest BCUT2D eigenvalue weighted by atomic mass is 35.5. The predicted molar refractivity (Wildman–Crippen MR) is 82.7 cm³/mol. The number of rotatable bonds is 4. The Morgan fingerprint density at radius 3 is 2.13 bits per heavy atom. The van der Waals surface area contributed by atoms with E-state index < -0.39 is 38.7 Å². The lowest BCUT2D eigenvalue weighted by atomic mass is 10.1. The second-order valence-corrected chi connectivity index (χ2v) is 7.95. The zero-order valence-corrected chi connectivity index (χ0v) is 13.3. The lowest BCUT2D eigenvalue weighted by Crippen LogP contribution is -2.13. The van der Waals surface area contributed by atoms with Gasteiger partial charge in [0.05, 0.1) is 16.1 Å². The van der Waals surface area contributed by atoms with E-state index in [1.54, 1.807) is 0 Å². The maximum Gasteiger partial charge on any atom is 0.308 e. The normalized spacial score (nSPS) is 23.5. The highest BCUT2D eigenvalue weighted by Crippen LogP contribution is 2.54. The monoisotopic (exact) mass is 354 g/mol. The van der Waals surface area contributed by atoms with Crippen molar-refractivity contribution in [2.75, 3.05) is 0 Å². The number of hydrogen-bond donors (Lipinski definition) is 1. The van der Waals surface area contributed by atoms with Crippen molar-refractivity contribution in [2.24, 2.45) is 5.92 Å². The van der Waals surface area contributed by atoms with E-state index in [1.165, 1.54) is 48.5 Å². The minimum Gasteiger partial charge on any atom is -0.481 e. The van der Waals surface area contributed by atoms with Crippen LogP contribution in [0.1, 0.15) is 11.5 Å².